The Balaban J connectivity index is 1.99. The average Bonchev–Trinajstić information content (AvgIpc) is 2.82. The Morgan fingerprint density at radius 1 is 1.16 bits per heavy atom. The van der Waals surface area contributed by atoms with E-state index in [2.05, 4.69) is 37.9 Å². The van der Waals surface area contributed by atoms with Crippen molar-refractivity contribution in [2.24, 2.45) is 17.3 Å². The fraction of sp³-hybridized carbons (Fsp3) is 1.00. The SMILES string of the molecule is CCNCC1(CN2CC(C)CC(C)C2C)CCCC1. The normalized spacial score (nSPS) is 35.7. The van der Waals surface area contributed by atoms with Gasteiger partial charge in [-0.2, -0.15) is 0 Å². The van der Waals surface area contributed by atoms with Gasteiger partial charge >= 0.3 is 0 Å². The average molecular weight is 266 g/mol. The van der Waals surface area contributed by atoms with Gasteiger partial charge in [0.1, 0.15) is 0 Å². The predicted octanol–water partition coefficient (Wildman–Crippen LogP) is 3.52. The fourth-order valence-electron chi connectivity index (χ4n) is 4.38. The Morgan fingerprint density at radius 2 is 1.84 bits per heavy atom. The molecule has 0 spiro atoms. The van der Waals surface area contributed by atoms with Gasteiger partial charge in [-0.3, -0.25) is 4.90 Å². The molecule has 0 aromatic heterocycles. The van der Waals surface area contributed by atoms with Gasteiger partial charge in [-0.05, 0) is 50.0 Å². The lowest BCUT2D eigenvalue weighted by molar-refractivity contribution is 0.0372. The Morgan fingerprint density at radius 3 is 2.47 bits per heavy atom. The summed E-state index contributed by atoms with van der Waals surface area (Å²) in [7, 11) is 0. The van der Waals surface area contributed by atoms with Crippen LogP contribution in [0.15, 0.2) is 0 Å². The van der Waals surface area contributed by atoms with Crippen molar-refractivity contribution in [2.75, 3.05) is 26.2 Å². The molecule has 112 valence electrons. The summed E-state index contributed by atoms with van der Waals surface area (Å²) < 4.78 is 0. The molecule has 0 radical (unpaired) electrons. The first-order chi connectivity index (χ1) is 9.06. The maximum absolute atomic E-state index is 3.63. The summed E-state index contributed by atoms with van der Waals surface area (Å²) in [6.45, 7) is 14.6. The third-order valence-electron chi connectivity index (χ3n) is 5.67. The number of piperidine rings is 1. The lowest BCUT2D eigenvalue weighted by atomic mass is 9.81. The Hall–Kier alpha value is -0.0800. The zero-order chi connectivity index (χ0) is 13.9. The number of hydrogen-bond donors (Lipinski definition) is 1. The van der Waals surface area contributed by atoms with E-state index in [0.29, 0.717) is 5.41 Å². The summed E-state index contributed by atoms with van der Waals surface area (Å²) in [6.07, 6.45) is 7.17. The third kappa shape index (κ3) is 3.72. The van der Waals surface area contributed by atoms with E-state index < -0.39 is 0 Å². The van der Waals surface area contributed by atoms with Crippen LogP contribution in [0, 0.1) is 17.3 Å². The van der Waals surface area contributed by atoms with Crippen LogP contribution in [-0.4, -0.2) is 37.1 Å². The number of rotatable bonds is 5. The van der Waals surface area contributed by atoms with Crippen molar-refractivity contribution in [1.29, 1.82) is 0 Å². The zero-order valence-electron chi connectivity index (χ0n) is 13.5. The van der Waals surface area contributed by atoms with Gasteiger partial charge in [-0.25, -0.2) is 0 Å². The molecule has 2 fully saturated rings. The van der Waals surface area contributed by atoms with Gasteiger partial charge in [0.05, 0.1) is 0 Å². The fourth-order valence-corrected chi connectivity index (χ4v) is 4.38. The van der Waals surface area contributed by atoms with Crippen LogP contribution >= 0.6 is 0 Å². The first-order valence-electron chi connectivity index (χ1n) is 8.51. The van der Waals surface area contributed by atoms with E-state index >= 15 is 0 Å². The van der Waals surface area contributed by atoms with Crippen molar-refractivity contribution in [3.63, 3.8) is 0 Å². The van der Waals surface area contributed by atoms with Crippen LogP contribution in [0.25, 0.3) is 0 Å². The number of nitrogens with one attached hydrogen (secondary N) is 1. The number of nitrogens with zero attached hydrogens (tertiary/aromatic N) is 1. The third-order valence-corrected chi connectivity index (χ3v) is 5.67. The molecule has 1 aliphatic carbocycles. The van der Waals surface area contributed by atoms with Crippen molar-refractivity contribution >= 4 is 0 Å². The van der Waals surface area contributed by atoms with Crippen molar-refractivity contribution in [2.45, 2.75) is 65.8 Å². The van der Waals surface area contributed by atoms with Gasteiger partial charge in [0.2, 0.25) is 0 Å². The maximum Gasteiger partial charge on any atom is 0.00930 e. The summed E-state index contributed by atoms with van der Waals surface area (Å²) in [5.41, 5.74) is 0.570. The van der Waals surface area contributed by atoms with Gasteiger partial charge in [0.15, 0.2) is 0 Å². The van der Waals surface area contributed by atoms with Gasteiger partial charge in [-0.1, -0.05) is 33.6 Å². The second-order valence-electron chi connectivity index (χ2n) is 7.48. The second kappa shape index (κ2) is 6.58. The summed E-state index contributed by atoms with van der Waals surface area (Å²) >= 11 is 0. The first-order valence-corrected chi connectivity index (χ1v) is 8.51. The van der Waals surface area contributed by atoms with Crippen molar-refractivity contribution in [1.82, 2.24) is 10.2 Å². The molecular weight excluding hydrogens is 232 g/mol. The molecule has 2 aliphatic rings. The minimum atomic E-state index is 0.570. The van der Waals surface area contributed by atoms with E-state index in [1.807, 2.05) is 0 Å². The highest BCUT2D eigenvalue weighted by atomic mass is 15.2. The molecule has 3 unspecified atom stereocenters. The second-order valence-corrected chi connectivity index (χ2v) is 7.48. The first kappa shape index (κ1) is 15.3. The van der Waals surface area contributed by atoms with Crippen LogP contribution in [0.1, 0.15) is 59.8 Å². The smallest absolute Gasteiger partial charge is 0.00930 e. The molecule has 3 atom stereocenters. The number of hydrogen-bond acceptors (Lipinski definition) is 2. The molecule has 1 heterocycles. The standard InChI is InChI=1S/C17H34N2/c1-5-18-12-17(8-6-7-9-17)13-19-11-14(2)10-15(3)16(19)4/h14-16,18H,5-13H2,1-4H3. The van der Waals surface area contributed by atoms with Gasteiger partial charge in [0.25, 0.3) is 0 Å². The van der Waals surface area contributed by atoms with Gasteiger partial charge < -0.3 is 5.32 Å². The summed E-state index contributed by atoms with van der Waals surface area (Å²) in [6, 6.07) is 0.773. The molecule has 1 saturated heterocycles. The molecule has 0 bridgehead atoms. The molecule has 0 amide bonds. The quantitative estimate of drug-likeness (QED) is 0.819. The highest BCUT2D eigenvalue weighted by Gasteiger charge is 2.38. The Bertz CT molecular complexity index is 270. The molecule has 1 N–H and O–H groups in total. The van der Waals surface area contributed by atoms with Crippen molar-refractivity contribution in [3.8, 4) is 0 Å². The molecule has 1 saturated carbocycles. The molecular formula is C17H34N2. The molecule has 2 nitrogen and oxygen atoms in total. The molecule has 1 aliphatic heterocycles. The molecule has 0 aromatic carbocycles. The molecule has 2 heteroatoms. The number of likely N-dealkylation sites (tertiary alicyclic amines) is 1. The van der Waals surface area contributed by atoms with Crippen LogP contribution in [-0.2, 0) is 0 Å². The van der Waals surface area contributed by atoms with E-state index in [1.54, 1.807) is 0 Å². The van der Waals surface area contributed by atoms with Crippen LogP contribution in [0.5, 0.6) is 0 Å². The van der Waals surface area contributed by atoms with Crippen LogP contribution < -0.4 is 5.32 Å². The molecule has 0 aromatic rings. The zero-order valence-corrected chi connectivity index (χ0v) is 13.5. The van der Waals surface area contributed by atoms with E-state index in [0.717, 1.165) is 24.4 Å². The Labute approximate surface area is 120 Å². The van der Waals surface area contributed by atoms with Crippen LogP contribution in [0.2, 0.25) is 0 Å². The van der Waals surface area contributed by atoms with Crippen LogP contribution in [0.3, 0.4) is 0 Å². The summed E-state index contributed by atoms with van der Waals surface area (Å²) in [5, 5.41) is 3.63. The monoisotopic (exact) mass is 266 g/mol. The van der Waals surface area contributed by atoms with Crippen molar-refractivity contribution in [3.05, 3.63) is 0 Å². The molecule has 19 heavy (non-hydrogen) atoms. The van der Waals surface area contributed by atoms with E-state index in [9.17, 15) is 0 Å². The lowest BCUT2D eigenvalue weighted by Crippen LogP contribution is -2.51. The van der Waals surface area contributed by atoms with Crippen molar-refractivity contribution < 1.29 is 0 Å². The summed E-state index contributed by atoms with van der Waals surface area (Å²) in [4.78, 5) is 2.81. The van der Waals surface area contributed by atoms with Crippen LogP contribution in [0.4, 0.5) is 0 Å². The van der Waals surface area contributed by atoms with Gasteiger partial charge in [0, 0.05) is 25.7 Å². The minimum Gasteiger partial charge on any atom is -0.316 e. The topological polar surface area (TPSA) is 15.3 Å². The summed E-state index contributed by atoms with van der Waals surface area (Å²) in [5.74, 6) is 1.74. The molecule has 2 rings (SSSR count). The van der Waals surface area contributed by atoms with Gasteiger partial charge in [-0.15, -0.1) is 0 Å². The van der Waals surface area contributed by atoms with E-state index in [4.69, 9.17) is 0 Å². The largest absolute Gasteiger partial charge is 0.316 e. The lowest BCUT2D eigenvalue weighted by Gasteiger charge is -2.45. The minimum absolute atomic E-state index is 0.570. The van der Waals surface area contributed by atoms with E-state index in [1.165, 1.54) is 51.7 Å². The highest BCUT2D eigenvalue weighted by Crippen LogP contribution is 2.40. The van der Waals surface area contributed by atoms with E-state index in [-0.39, 0.29) is 0 Å². The predicted molar refractivity (Wildman–Crippen MR) is 83.4 cm³/mol. The highest BCUT2D eigenvalue weighted by molar-refractivity contribution is 4.93. The maximum atomic E-state index is 3.63. The Kier molecular flexibility index (Phi) is 5.30.